The van der Waals surface area contributed by atoms with Crippen LogP contribution in [-0.2, 0) is 14.8 Å². The van der Waals surface area contributed by atoms with Crippen molar-refractivity contribution in [1.29, 1.82) is 0 Å². The Morgan fingerprint density at radius 3 is 2.64 bits per heavy atom. The molecule has 0 saturated carbocycles. The molecule has 10 nitrogen and oxygen atoms in total. The van der Waals surface area contributed by atoms with Crippen molar-refractivity contribution in [2.45, 2.75) is 30.2 Å². The van der Waals surface area contributed by atoms with E-state index in [0.29, 0.717) is 19.3 Å². The number of nitro groups is 1. The van der Waals surface area contributed by atoms with Gasteiger partial charge in [-0.25, -0.2) is 17.9 Å². The Balaban J connectivity index is 2.48. The molecule has 1 unspecified atom stereocenters. The fraction of sp³-hybridized carbons (Fsp3) is 0.500. The molecule has 1 rings (SSSR count). The lowest BCUT2D eigenvalue weighted by molar-refractivity contribution is -0.387. The van der Waals surface area contributed by atoms with Crippen LogP contribution in [0.2, 0.25) is 0 Å². The predicted octanol–water partition coefficient (Wildman–Crippen LogP) is 0.727. The number of nitrogens with zero attached hydrogens (tertiary/aromatic N) is 1. The van der Waals surface area contributed by atoms with E-state index < -0.39 is 26.7 Å². The number of carbonyl (C=O) groups excluding carboxylic acids is 1. The molecule has 1 aromatic carbocycles. The molecule has 0 fully saturated rings. The van der Waals surface area contributed by atoms with Gasteiger partial charge in [0.15, 0.2) is 4.90 Å². The smallest absolute Gasteiger partial charge is 0.404 e. The van der Waals surface area contributed by atoms with Gasteiger partial charge in [-0.3, -0.25) is 10.1 Å². The third kappa shape index (κ3) is 7.03. The summed E-state index contributed by atoms with van der Waals surface area (Å²) in [4.78, 5) is 20.4. The highest BCUT2D eigenvalue weighted by Gasteiger charge is 2.24. The minimum atomic E-state index is -3.96. The number of sulfonamides is 1. The van der Waals surface area contributed by atoms with E-state index >= 15 is 0 Å². The van der Waals surface area contributed by atoms with Crippen LogP contribution >= 0.6 is 0 Å². The first-order chi connectivity index (χ1) is 11.8. The molecule has 1 aromatic rings. The van der Waals surface area contributed by atoms with Crippen LogP contribution in [0.15, 0.2) is 29.2 Å². The molecule has 0 aliphatic rings. The van der Waals surface area contributed by atoms with Gasteiger partial charge < -0.3 is 15.8 Å². The number of rotatable bonds is 11. The van der Waals surface area contributed by atoms with E-state index in [9.17, 15) is 23.3 Å². The second kappa shape index (κ2) is 9.91. The summed E-state index contributed by atoms with van der Waals surface area (Å²) in [7, 11) is -2.24. The molecule has 0 bridgehead atoms. The molecule has 0 aromatic heterocycles. The molecule has 1 amide bonds. The normalized spacial score (nSPS) is 12.5. The molecular formula is C14H22N4O6S. The molecule has 25 heavy (non-hydrogen) atoms. The maximum atomic E-state index is 12.2. The number of nitrogens with two attached hydrogens (primary N) is 1. The third-order valence-corrected chi connectivity index (χ3v) is 4.97. The fourth-order valence-corrected chi connectivity index (χ4v) is 3.37. The SMILES string of the molecule is CNC(CCCCNS(=O)(=O)c1ccccc1[N+](=O)[O-])COC(N)=O. The number of amides is 1. The average Bonchev–Trinajstić information content (AvgIpc) is 2.57. The Morgan fingerprint density at radius 1 is 1.36 bits per heavy atom. The molecule has 1 atom stereocenters. The van der Waals surface area contributed by atoms with Crippen LogP contribution in [-0.4, -0.2) is 45.7 Å². The van der Waals surface area contributed by atoms with Gasteiger partial charge in [-0.1, -0.05) is 18.6 Å². The number of hydrogen-bond acceptors (Lipinski definition) is 7. The number of primary amides is 1. The molecule has 140 valence electrons. The van der Waals surface area contributed by atoms with Gasteiger partial charge in [0, 0.05) is 18.7 Å². The lowest BCUT2D eigenvalue weighted by Crippen LogP contribution is -2.33. The van der Waals surface area contributed by atoms with Crippen LogP contribution in [0, 0.1) is 10.1 Å². The predicted molar refractivity (Wildman–Crippen MR) is 90.5 cm³/mol. The lowest BCUT2D eigenvalue weighted by atomic mass is 10.1. The van der Waals surface area contributed by atoms with Crippen LogP contribution in [0.5, 0.6) is 0 Å². The number of benzene rings is 1. The molecule has 4 N–H and O–H groups in total. The lowest BCUT2D eigenvalue weighted by Gasteiger charge is -2.15. The van der Waals surface area contributed by atoms with Crippen molar-refractivity contribution in [2.75, 3.05) is 20.2 Å². The number of likely N-dealkylation sites (N-methyl/N-ethyl adjacent to an activating group) is 1. The minimum Gasteiger partial charge on any atom is -0.448 e. The van der Waals surface area contributed by atoms with Gasteiger partial charge in [-0.15, -0.1) is 0 Å². The zero-order valence-electron chi connectivity index (χ0n) is 13.8. The van der Waals surface area contributed by atoms with Crippen molar-refractivity contribution < 1.29 is 22.9 Å². The first kappa shape index (κ1) is 20.8. The van der Waals surface area contributed by atoms with Crippen LogP contribution in [0.1, 0.15) is 19.3 Å². The van der Waals surface area contributed by atoms with E-state index in [2.05, 4.69) is 10.0 Å². The van der Waals surface area contributed by atoms with Crippen molar-refractivity contribution in [3.63, 3.8) is 0 Å². The highest BCUT2D eigenvalue weighted by Crippen LogP contribution is 2.22. The van der Waals surface area contributed by atoms with Gasteiger partial charge in [-0.2, -0.15) is 0 Å². The number of hydrogen-bond donors (Lipinski definition) is 3. The quantitative estimate of drug-likeness (QED) is 0.293. The zero-order chi connectivity index (χ0) is 18.9. The first-order valence-corrected chi connectivity index (χ1v) is 9.09. The van der Waals surface area contributed by atoms with Crippen LogP contribution in [0.3, 0.4) is 0 Å². The number of ether oxygens (including phenoxy) is 1. The summed E-state index contributed by atoms with van der Waals surface area (Å²) in [6.45, 7) is 0.273. The summed E-state index contributed by atoms with van der Waals surface area (Å²) >= 11 is 0. The summed E-state index contributed by atoms with van der Waals surface area (Å²) in [5.74, 6) is 0. The third-order valence-electron chi connectivity index (χ3n) is 3.46. The van der Waals surface area contributed by atoms with Crippen LogP contribution in [0.4, 0.5) is 10.5 Å². The topological polar surface area (TPSA) is 154 Å². The Labute approximate surface area is 145 Å². The number of nitrogens with one attached hydrogen (secondary N) is 2. The van der Waals surface area contributed by atoms with E-state index in [1.165, 1.54) is 18.2 Å². The van der Waals surface area contributed by atoms with Gasteiger partial charge in [0.2, 0.25) is 10.0 Å². The van der Waals surface area contributed by atoms with Gasteiger partial charge in [0.25, 0.3) is 5.69 Å². The Hall–Kier alpha value is -2.24. The first-order valence-electron chi connectivity index (χ1n) is 7.60. The molecule has 0 radical (unpaired) electrons. The minimum absolute atomic E-state index is 0.0840. The van der Waals surface area contributed by atoms with E-state index in [1.807, 2.05) is 0 Å². The summed E-state index contributed by atoms with van der Waals surface area (Å²) in [6, 6.07) is 5.09. The molecule has 11 heteroatoms. The summed E-state index contributed by atoms with van der Waals surface area (Å²) in [6.07, 6.45) is 0.982. The van der Waals surface area contributed by atoms with Crippen molar-refractivity contribution >= 4 is 21.8 Å². The van der Waals surface area contributed by atoms with E-state index in [4.69, 9.17) is 10.5 Å². The number of carbonyl (C=O) groups is 1. The molecular weight excluding hydrogens is 352 g/mol. The van der Waals surface area contributed by atoms with Gasteiger partial charge in [-0.05, 0) is 26.0 Å². The summed E-state index contributed by atoms with van der Waals surface area (Å²) < 4.78 is 31.4. The number of para-hydroxylation sites is 1. The van der Waals surface area contributed by atoms with Crippen molar-refractivity contribution in [3.05, 3.63) is 34.4 Å². The van der Waals surface area contributed by atoms with Crippen LogP contribution in [0.25, 0.3) is 0 Å². The summed E-state index contributed by atoms with van der Waals surface area (Å²) in [5.41, 5.74) is 4.43. The molecule has 0 aliphatic heterocycles. The second-order valence-corrected chi connectivity index (χ2v) is 6.97. The highest BCUT2D eigenvalue weighted by atomic mass is 32.2. The molecule has 0 heterocycles. The standard InChI is InChI=1S/C14H22N4O6S/c1-16-11(10-24-14(15)19)6-4-5-9-17-25(22,23)13-8-3-2-7-12(13)18(20)21/h2-3,7-8,11,16-17H,4-6,9-10H2,1H3,(H2,15,19). The van der Waals surface area contributed by atoms with E-state index in [1.54, 1.807) is 7.05 Å². The Bertz CT molecular complexity index is 694. The monoisotopic (exact) mass is 374 g/mol. The second-order valence-electron chi connectivity index (χ2n) is 5.23. The number of nitro benzene ring substituents is 1. The van der Waals surface area contributed by atoms with E-state index in [-0.39, 0.29) is 24.1 Å². The molecule has 0 aliphatic carbocycles. The van der Waals surface area contributed by atoms with E-state index in [0.717, 1.165) is 6.07 Å². The fourth-order valence-electron chi connectivity index (χ4n) is 2.13. The average molecular weight is 374 g/mol. The summed E-state index contributed by atoms with van der Waals surface area (Å²) in [5, 5.41) is 13.9. The Morgan fingerprint density at radius 2 is 2.04 bits per heavy atom. The van der Waals surface area contributed by atoms with Gasteiger partial charge in [0.1, 0.15) is 6.61 Å². The maximum Gasteiger partial charge on any atom is 0.404 e. The van der Waals surface area contributed by atoms with Crippen LogP contribution < -0.4 is 15.8 Å². The van der Waals surface area contributed by atoms with Gasteiger partial charge >= 0.3 is 6.09 Å². The number of unbranched alkanes of at least 4 members (excludes halogenated alkanes) is 1. The van der Waals surface area contributed by atoms with Gasteiger partial charge in [0.05, 0.1) is 4.92 Å². The van der Waals surface area contributed by atoms with Crippen molar-refractivity contribution in [3.8, 4) is 0 Å². The maximum absolute atomic E-state index is 12.2. The molecule has 0 saturated heterocycles. The van der Waals surface area contributed by atoms with Crippen molar-refractivity contribution in [2.24, 2.45) is 5.73 Å². The highest BCUT2D eigenvalue weighted by molar-refractivity contribution is 7.89. The molecule has 0 spiro atoms. The Kier molecular flexibility index (Phi) is 8.25. The largest absolute Gasteiger partial charge is 0.448 e. The van der Waals surface area contributed by atoms with Crippen molar-refractivity contribution in [1.82, 2.24) is 10.0 Å². The zero-order valence-corrected chi connectivity index (χ0v) is 14.6.